The van der Waals surface area contributed by atoms with Crippen LogP contribution in [0.1, 0.15) is 19.8 Å². The van der Waals surface area contributed by atoms with Gasteiger partial charge in [0, 0.05) is 19.9 Å². The summed E-state index contributed by atoms with van der Waals surface area (Å²) in [5.41, 5.74) is 0. The van der Waals surface area contributed by atoms with Crippen molar-refractivity contribution in [1.29, 1.82) is 0 Å². The molecule has 0 saturated carbocycles. The summed E-state index contributed by atoms with van der Waals surface area (Å²) in [4.78, 5) is 22.2. The predicted molar refractivity (Wildman–Crippen MR) is 62.3 cm³/mol. The lowest BCUT2D eigenvalue weighted by atomic mass is 10.2. The van der Waals surface area contributed by atoms with Crippen molar-refractivity contribution >= 4 is 46.1 Å². The maximum Gasteiger partial charge on any atom is 0.225 e. The molecule has 0 aliphatic rings. The van der Waals surface area contributed by atoms with Gasteiger partial charge in [0.15, 0.2) is 0 Å². The Morgan fingerprint density at radius 1 is 1.14 bits per heavy atom. The number of likely N-dealkylation sites (N-methyl/N-ethyl adjacent to an activating group) is 1. The Labute approximate surface area is 93.4 Å². The lowest BCUT2D eigenvalue weighted by molar-refractivity contribution is -0.123. The number of hydrogen-bond acceptors (Lipinski definition) is 4. The van der Waals surface area contributed by atoms with Crippen molar-refractivity contribution in [3.8, 4) is 0 Å². The van der Waals surface area contributed by atoms with Gasteiger partial charge in [-0.3, -0.25) is 4.79 Å². The summed E-state index contributed by atoms with van der Waals surface area (Å²) >= 11 is 9.61. The molecule has 0 spiro atoms. The number of hydrogen-bond donors (Lipinski definition) is 2. The summed E-state index contributed by atoms with van der Waals surface area (Å²) in [5.74, 6) is -0.315. The van der Waals surface area contributed by atoms with Gasteiger partial charge < -0.3 is 15.4 Å². The van der Waals surface area contributed by atoms with Crippen LogP contribution in [0.4, 0.5) is 0 Å². The Hall–Kier alpha value is -0.880. The zero-order chi connectivity index (χ0) is 11.1. The van der Waals surface area contributed by atoms with Gasteiger partial charge in [-0.15, -0.1) is 0 Å². The molecule has 0 heterocycles. The molecule has 2 N–H and O–H groups in total. The van der Waals surface area contributed by atoms with Crippen LogP contribution in [0, 0.1) is 0 Å². The molecular weight excluding hydrogens is 220 g/mol. The molecule has 0 aliphatic heterocycles. The zero-order valence-corrected chi connectivity index (χ0v) is 9.68. The maximum atomic E-state index is 11.1. The van der Waals surface area contributed by atoms with Crippen LogP contribution in [0.5, 0.6) is 0 Å². The number of thiocarbonyl (C=S) groups is 2. The molecule has 0 bridgehead atoms. The van der Waals surface area contributed by atoms with Crippen molar-refractivity contribution in [2.45, 2.75) is 19.8 Å². The Kier molecular flexibility index (Phi) is 6.14. The highest BCUT2D eigenvalue weighted by atomic mass is 32.1. The van der Waals surface area contributed by atoms with Gasteiger partial charge in [0.2, 0.25) is 5.91 Å². The third-order valence-corrected chi connectivity index (χ3v) is 2.23. The molecule has 0 aromatic rings. The van der Waals surface area contributed by atoms with Crippen LogP contribution < -0.4 is 10.6 Å². The van der Waals surface area contributed by atoms with E-state index in [2.05, 4.69) is 10.6 Å². The molecular formula is C8H12N2O2S2. The monoisotopic (exact) mass is 232 g/mol. The first kappa shape index (κ1) is 13.1. The Morgan fingerprint density at radius 2 is 1.71 bits per heavy atom. The van der Waals surface area contributed by atoms with E-state index >= 15 is 0 Å². The van der Waals surface area contributed by atoms with Crippen molar-refractivity contribution in [2.75, 3.05) is 7.05 Å². The summed E-state index contributed by atoms with van der Waals surface area (Å²) in [7, 11) is 1.62. The topological polar surface area (TPSA) is 58.2 Å². The predicted octanol–water partition coefficient (Wildman–Crippen LogP) is 0.346. The normalized spacial score (nSPS) is 9.00. The van der Waals surface area contributed by atoms with Gasteiger partial charge in [-0.05, 0) is 6.92 Å². The standard InChI is InChI=1S/C8H12N2O2S2/c1-5(11)3-4-6(12)10-8(14)7(13)9-2/h3-4H2,1-2H3,(H,9,13)(H,10,12,14). The molecule has 0 radical (unpaired) electrons. The third kappa shape index (κ3) is 5.71. The minimum Gasteiger partial charge on any atom is -0.377 e. The quantitative estimate of drug-likeness (QED) is 0.687. The van der Waals surface area contributed by atoms with E-state index in [0.717, 1.165) is 0 Å². The van der Waals surface area contributed by atoms with E-state index in [0.29, 0.717) is 4.99 Å². The summed E-state index contributed by atoms with van der Waals surface area (Å²) in [6, 6.07) is 0. The summed E-state index contributed by atoms with van der Waals surface area (Å²) in [6.07, 6.45) is 0.364. The second-order valence-corrected chi connectivity index (χ2v) is 3.47. The fraction of sp³-hybridized carbons (Fsp3) is 0.500. The highest BCUT2D eigenvalue weighted by Gasteiger charge is 2.08. The first-order chi connectivity index (χ1) is 6.47. The van der Waals surface area contributed by atoms with Crippen molar-refractivity contribution in [3.05, 3.63) is 0 Å². The molecule has 4 nitrogen and oxygen atoms in total. The average molecular weight is 232 g/mol. The summed E-state index contributed by atoms with van der Waals surface area (Å²) < 4.78 is 0. The second-order valence-electron chi connectivity index (χ2n) is 2.66. The van der Waals surface area contributed by atoms with Crippen molar-refractivity contribution in [3.63, 3.8) is 0 Å². The summed E-state index contributed by atoms with van der Waals surface area (Å²) in [6.45, 7) is 1.43. The molecule has 78 valence electrons. The van der Waals surface area contributed by atoms with Gasteiger partial charge in [0.25, 0.3) is 0 Å². The number of nitrogens with one attached hydrogen (secondary N) is 2. The van der Waals surface area contributed by atoms with Crippen molar-refractivity contribution < 1.29 is 9.59 Å². The van der Waals surface area contributed by atoms with Crippen LogP contribution in [-0.4, -0.2) is 28.7 Å². The number of ketones is 1. The van der Waals surface area contributed by atoms with Gasteiger partial charge in [-0.25, -0.2) is 0 Å². The van der Waals surface area contributed by atoms with Crippen LogP contribution in [0.3, 0.4) is 0 Å². The Morgan fingerprint density at radius 3 is 2.14 bits per heavy atom. The van der Waals surface area contributed by atoms with E-state index in [1.54, 1.807) is 7.05 Å². The average Bonchev–Trinajstić information content (AvgIpc) is 2.13. The van der Waals surface area contributed by atoms with E-state index in [1.807, 2.05) is 0 Å². The van der Waals surface area contributed by atoms with Crippen LogP contribution >= 0.6 is 24.4 Å². The highest BCUT2D eigenvalue weighted by Crippen LogP contribution is 1.90. The molecule has 14 heavy (non-hydrogen) atoms. The smallest absolute Gasteiger partial charge is 0.225 e. The number of Topliss-reactive ketones (excluding diaryl/α,β-unsaturated/α-hetero) is 1. The molecule has 0 aliphatic carbocycles. The van der Waals surface area contributed by atoms with Crippen LogP contribution in [0.15, 0.2) is 0 Å². The Bertz CT molecular complexity index is 277. The molecule has 1 amide bonds. The second kappa shape index (κ2) is 6.56. The van der Waals surface area contributed by atoms with E-state index in [-0.39, 0.29) is 29.5 Å². The molecule has 0 rings (SSSR count). The lowest BCUT2D eigenvalue weighted by Crippen LogP contribution is -2.38. The van der Waals surface area contributed by atoms with Crippen LogP contribution in [-0.2, 0) is 9.59 Å². The van der Waals surface area contributed by atoms with Crippen LogP contribution in [0.25, 0.3) is 0 Å². The minimum absolute atomic E-state index is 0.0257. The first-order valence-electron chi connectivity index (χ1n) is 4.02. The fourth-order valence-electron chi connectivity index (χ4n) is 0.649. The number of carbonyl (C=O) groups excluding carboxylic acids is 2. The fourth-order valence-corrected chi connectivity index (χ4v) is 0.916. The van der Waals surface area contributed by atoms with E-state index in [4.69, 9.17) is 24.4 Å². The van der Waals surface area contributed by atoms with Crippen molar-refractivity contribution in [1.82, 2.24) is 10.6 Å². The van der Waals surface area contributed by atoms with E-state index in [1.165, 1.54) is 6.92 Å². The molecule has 0 fully saturated rings. The highest BCUT2D eigenvalue weighted by molar-refractivity contribution is 7.89. The van der Waals surface area contributed by atoms with Gasteiger partial charge in [0.05, 0.1) is 0 Å². The van der Waals surface area contributed by atoms with Crippen molar-refractivity contribution in [2.24, 2.45) is 0 Å². The minimum atomic E-state index is -0.289. The first-order valence-corrected chi connectivity index (χ1v) is 4.84. The largest absolute Gasteiger partial charge is 0.377 e. The SMILES string of the molecule is CNC(=S)C(=S)NC(=O)CCC(C)=O. The van der Waals surface area contributed by atoms with Gasteiger partial charge >= 0.3 is 0 Å². The molecule has 0 aromatic carbocycles. The van der Waals surface area contributed by atoms with E-state index < -0.39 is 0 Å². The van der Waals surface area contributed by atoms with E-state index in [9.17, 15) is 9.59 Å². The molecule has 0 unspecified atom stereocenters. The third-order valence-electron chi connectivity index (χ3n) is 1.39. The molecule has 6 heteroatoms. The van der Waals surface area contributed by atoms with Gasteiger partial charge in [0.1, 0.15) is 15.8 Å². The zero-order valence-electron chi connectivity index (χ0n) is 8.05. The van der Waals surface area contributed by atoms with Gasteiger partial charge in [-0.2, -0.15) is 0 Å². The number of rotatable bonds is 3. The van der Waals surface area contributed by atoms with Crippen LogP contribution in [0.2, 0.25) is 0 Å². The summed E-state index contributed by atoms with van der Waals surface area (Å²) in [5, 5.41) is 5.07. The lowest BCUT2D eigenvalue weighted by Gasteiger charge is -2.06. The molecule has 0 saturated heterocycles. The molecule has 0 atom stereocenters. The maximum absolute atomic E-state index is 11.1. The molecule has 0 aromatic heterocycles. The van der Waals surface area contributed by atoms with Gasteiger partial charge in [-0.1, -0.05) is 24.4 Å². The Balaban J connectivity index is 3.89. The number of amides is 1. The number of carbonyl (C=O) groups is 2.